The third-order valence-corrected chi connectivity index (χ3v) is 11.6. The van der Waals surface area contributed by atoms with Gasteiger partial charge in [0.15, 0.2) is 0 Å². The van der Waals surface area contributed by atoms with Gasteiger partial charge in [0, 0.05) is 28.8 Å². The summed E-state index contributed by atoms with van der Waals surface area (Å²) >= 11 is 0. The van der Waals surface area contributed by atoms with Crippen molar-refractivity contribution in [3.05, 3.63) is 143 Å². The van der Waals surface area contributed by atoms with Crippen LogP contribution in [0.25, 0.3) is 11.6 Å². The lowest BCUT2D eigenvalue weighted by Gasteiger charge is -2.48. The quantitative estimate of drug-likeness (QED) is 0.131. The highest BCUT2D eigenvalue weighted by Crippen LogP contribution is 2.40. The van der Waals surface area contributed by atoms with Crippen LogP contribution in [0.3, 0.4) is 0 Å². The van der Waals surface area contributed by atoms with Gasteiger partial charge in [0.2, 0.25) is 0 Å². The lowest BCUT2D eigenvalue weighted by molar-refractivity contribution is 0.121. The van der Waals surface area contributed by atoms with Gasteiger partial charge in [-0.1, -0.05) is 143 Å². The van der Waals surface area contributed by atoms with E-state index in [1.165, 1.54) is 46.9 Å². The van der Waals surface area contributed by atoms with Gasteiger partial charge in [-0.05, 0) is 131 Å². The van der Waals surface area contributed by atoms with Crippen LogP contribution in [0.5, 0.6) is 0 Å². The van der Waals surface area contributed by atoms with Crippen molar-refractivity contribution in [3.8, 4) is 0 Å². The first-order chi connectivity index (χ1) is 24.6. The average molecular weight is 684 g/mol. The maximum absolute atomic E-state index is 4.54. The summed E-state index contributed by atoms with van der Waals surface area (Å²) in [5.41, 5.74) is 9.62. The highest BCUT2D eigenvalue weighted by molar-refractivity contribution is 5.58. The van der Waals surface area contributed by atoms with Gasteiger partial charge in [-0.15, -0.1) is 6.58 Å². The van der Waals surface area contributed by atoms with Crippen molar-refractivity contribution in [2.24, 2.45) is 11.8 Å². The van der Waals surface area contributed by atoms with Crippen LogP contribution < -0.4 is 10.4 Å². The molecule has 0 aliphatic heterocycles. The molecule has 274 valence electrons. The van der Waals surface area contributed by atoms with Crippen LogP contribution in [0.4, 0.5) is 0 Å². The minimum Gasteiger partial charge on any atom is -0.362 e. The van der Waals surface area contributed by atoms with Crippen molar-refractivity contribution in [1.82, 2.24) is 4.90 Å². The molecule has 51 heavy (non-hydrogen) atoms. The van der Waals surface area contributed by atoms with Crippen molar-refractivity contribution >= 4 is 11.6 Å². The molecule has 0 saturated heterocycles. The zero-order chi connectivity index (χ0) is 37.0. The molecule has 4 atom stereocenters. The predicted molar refractivity (Wildman–Crippen MR) is 227 cm³/mol. The van der Waals surface area contributed by atoms with Crippen LogP contribution >= 0.6 is 0 Å². The van der Waals surface area contributed by atoms with Gasteiger partial charge in [-0.25, -0.2) is 0 Å². The van der Waals surface area contributed by atoms with Gasteiger partial charge in [-0.2, -0.15) is 0 Å². The lowest BCUT2D eigenvalue weighted by atomic mass is 9.80. The molecule has 1 aromatic rings. The summed E-state index contributed by atoms with van der Waals surface area (Å²) < 4.78 is 0. The minimum atomic E-state index is -0.127. The molecule has 1 heteroatoms. The molecular weight excluding hydrogens is 615 g/mol. The van der Waals surface area contributed by atoms with Crippen LogP contribution in [0.2, 0.25) is 0 Å². The standard InChI is InChI=1S/C50H69N/c1-11-16-25-42(46-30-20-29-43-33-32-41(23-12-2)45(15-5)49(43)46)34-35-44(14-4)51(47-31-21-28-39(13-3)48(47)37(6)7)50(9,10)36-22-24-38(8)40-26-18-17-19-27-40/h12-14,17-18,20,22-24,26,28-30,33,38,41-42,44H,3-4,6,11,15-16,19,21,25,27,31-32,34-36H2,1-2,5,7-10H3/b23-12-,24-22-/t38?,41-,42?,44?/m1/s1. The van der Waals surface area contributed by atoms with Crippen LogP contribution in [-0.2, 0) is 0 Å². The number of allylic oxidation sites excluding steroid dienone is 13. The van der Waals surface area contributed by atoms with Crippen LogP contribution in [0.1, 0.15) is 137 Å². The summed E-state index contributed by atoms with van der Waals surface area (Å²) in [6, 6.07) is 7.32. The third kappa shape index (κ3) is 9.85. The molecule has 0 radical (unpaired) electrons. The Kier molecular flexibility index (Phi) is 15.2. The Balaban J connectivity index is 1.76. The summed E-state index contributed by atoms with van der Waals surface area (Å²) in [7, 11) is 0. The molecular formula is C50H69N. The summed E-state index contributed by atoms with van der Waals surface area (Å²) in [5.74, 6) is 1.47. The second kappa shape index (κ2) is 19.3. The number of rotatable bonds is 19. The third-order valence-electron chi connectivity index (χ3n) is 11.6. The largest absolute Gasteiger partial charge is 0.362 e. The average Bonchev–Trinajstić information content (AvgIpc) is 3.13. The fourth-order valence-electron chi connectivity index (χ4n) is 9.02. The Hall–Kier alpha value is -3.58. The fourth-order valence-corrected chi connectivity index (χ4v) is 9.02. The van der Waals surface area contributed by atoms with E-state index in [4.69, 9.17) is 0 Å². The highest BCUT2D eigenvalue weighted by Gasteiger charge is 2.35. The number of benzene rings is 1. The van der Waals surface area contributed by atoms with Gasteiger partial charge in [0.25, 0.3) is 0 Å². The molecule has 3 aliphatic rings. The Morgan fingerprint density at radius 3 is 2.51 bits per heavy atom. The monoisotopic (exact) mass is 684 g/mol. The van der Waals surface area contributed by atoms with Gasteiger partial charge < -0.3 is 4.90 Å². The van der Waals surface area contributed by atoms with E-state index < -0.39 is 0 Å². The normalized spacial score (nSPS) is 19.7. The van der Waals surface area contributed by atoms with Crippen molar-refractivity contribution in [1.29, 1.82) is 0 Å². The molecule has 3 unspecified atom stereocenters. The van der Waals surface area contributed by atoms with E-state index in [1.807, 2.05) is 6.08 Å². The Morgan fingerprint density at radius 1 is 1.06 bits per heavy atom. The number of hydrogen-bond acceptors (Lipinski definition) is 1. The van der Waals surface area contributed by atoms with Gasteiger partial charge >= 0.3 is 0 Å². The van der Waals surface area contributed by atoms with Gasteiger partial charge in [0.1, 0.15) is 0 Å². The van der Waals surface area contributed by atoms with E-state index in [-0.39, 0.29) is 11.6 Å². The number of unbranched alkanes of at least 4 members (excludes halogenated alkanes) is 1. The van der Waals surface area contributed by atoms with Crippen LogP contribution in [-0.4, -0.2) is 16.5 Å². The maximum Gasteiger partial charge on any atom is 0.0473 e. The van der Waals surface area contributed by atoms with Gasteiger partial charge in [-0.3, -0.25) is 0 Å². The fraction of sp³-hybridized carbons (Fsp3) is 0.480. The van der Waals surface area contributed by atoms with E-state index in [9.17, 15) is 0 Å². The zero-order valence-corrected chi connectivity index (χ0v) is 33.4. The van der Waals surface area contributed by atoms with Crippen LogP contribution in [0, 0.1) is 11.8 Å². The van der Waals surface area contributed by atoms with E-state index in [1.54, 1.807) is 16.4 Å². The molecule has 0 heterocycles. The molecule has 1 nitrogen and oxygen atoms in total. The Morgan fingerprint density at radius 2 is 1.86 bits per heavy atom. The van der Waals surface area contributed by atoms with Crippen molar-refractivity contribution in [2.75, 3.05) is 0 Å². The minimum absolute atomic E-state index is 0.127. The lowest BCUT2D eigenvalue weighted by Crippen LogP contribution is -2.49. The maximum atomic E-state index is 4.54. The summed E-state index contributed by atoms with van der Waals surface area (Å²) in [5, 5.41) is 2.99. The Bertz CT molecular complexity index is 1690. The van der Waals surface area contributed by atoms with Crippen LogP contribution in [0.15, 0.2) is 127 Å². The molecule has 3 aliphatic carbocycles. The number of hydrogen-bond donors (Lipinski definition) is 0. The first kappa shape index (κ1) is 40.2. The zero-order valence-electron chi connectivity index (χ0n) is 33.4. The number of fused-ring (bicyclic) bond motifs is 1. The van der Waals surface area contributed by atoms with Crippen molar-refractivity contribution < 1.29 is 0 Å². The van der Waals surface area contributed by atoms with E-state index >= 15 is 0 Å². The Labute approximate surface area is 313 Å². The summed E-state index contributed by atoms with van der Waals surface area (Å²) in [6.07, 6.45) is 38.9. The molecule has 1 aromatic carbocycles. The summed E-state index contributed by atoms with van der Waals surface area (Å²) in [4.78, 5) is 2.76. The first-order valence-electron chi connectivity index (χ1n) is 20.2. The molecule has 0 N–H and O–H groups in total. The molecule has 0 amide bonds. The van der Waals surface area contributed by atoms with E-state index in [0.29, 0.717) is 17.8 Å². The molecule has 4 rings (SSSR count). The molecule has 0 fully saturated rings. The molecule has 0 bridgehead atoms. The van der Waals surface area contributed by atoms with Crippen molar-refractivity contribution in [3.63, 3.8) is 0 Å². The van der Waals surface area contributed by atoms with Gasteiger partial charge in [0.05, 0.1) is 0 Å². The van der Waals surface area contributed by atoms with E-state index in [0.717, 1.165) is 63.4 Å². The number of nitrogens with zero attached hydrogens (tertiary/aromatic N) is 1. The predicted octanol–water partition coefficient (Wildman–Crippen LogP) is 12.9. The first-order valence-corrected chi connectivity index (χ1v) is 20.2. The SMILES string of the molecule is C=CC1=CCCC(N(C(C=C)CCC(CCCC)c2cccc3c2=C(CC)[C@H](/C=C\C)CC=3)C(C)(C)C/C=C\C(C)C2=CC=CCC2)=C1C(=C)C. The topological polar surface area (TPSA) is 3.24 Å². The summed E-state index contributed by atoms with van der Waals surface area (Å²) in [6.45, 7) is 29.5. The van der Waals surface area contributed by atoms with E-state index in [2.05, 4.69) is 152 Å². The molecule has 0 aromatic heterocycles. The molecule has 0 saturated carbocycles. The van der Waals surface area contributed by atoms with Crippen molar-refractivity contribution in [2.45, 2.75) is 143 Å². The second-order valence-electron chi connectivity index (χ2n) is 15.8. The smallest absolute Gasteiger partial charge is 0.0473 e. The second-order valence-corrected chi connectivity index (χ2v) is 15.8. The highest BCUT2D eigenvalue weighted by atomic mass is 15.2. The molecule has 0 spiro atoms.